The molecule has 0 fully saturated rings. The molecule has 2 rings (SSSR count). The topological polar surface area (TPSA) is 63.6 Å². The van der Waals surface area contributed by atoms with Crippen LogP contribution >= 0.6 is 0 Å². The van der Waals surface area contributed by atoms with Gasteiger partial charge in [0, 0.05) is 19.0 Å². The first-order valence-corrected chi connectivity index (χ1v) is 17.4. The molecule has 0 unspecified atom stereocenters. The van der Waals surface area contributed by atoms with Crippen LogP contribution in [0.25, 0.3) is 0 Å². The molecule has 0 N–H and O–H groups in total. The molecule has 0 aliphatic heterocycles. The maximum atomic E-state index is 12.0. The molecule has 0 aliphatic rings. The van der Waals surface area contributed by atoms with E-state index in [4.69, 9.17) is 4.79 Å². The number of allylic oxidation sites excluding steroid dienone is 2. The van der Waals surface area contributed by atoms with Gasteiger partial charge in [-0.1, -0.05) is 168 Å². The second kappa shape index (κ2) is 35.3. The van der Waals surface area contributed by atoms with Crippen molar-refractivity contribution in [2.45, 2.75) is 133 Å². The van der Waals surface area contributed by atoms with Gasteiger partial charge in [-0.2, -0.15) is 0 Å². The lowest BCUT2D eigenvalue weighted by molar-refractivity contribution is -0.114. The summed E-state index contributed by atoms with van der Waals surface area (Å²) in [6, 6.07) is 17.1. The van der Waals surface area contributed by atoms with Gasteiger partial charge in [-0.05, 0) is 48.5 Å². The molecular formula is C41H67NO3. The molecule has 0 aliphatic carbocycles. The number of carbonyl (C=O) groups excluding carboxylic acids is 3. The third-order valence-electron chi connectivity index (χ3n) is 6.71. The molecule has 45 heavy (non-hydrogen) atoms. The molecule has 0 radical (unpaired) electrons. The van der Waals surface area contributed by atoms with Gasteiger partial charge in [-0.15, -0.1) is 0 Å². The number of ketones is 1. The van der Waals surface area contributed by atoms with Crippen molar-refractivity contribution >= 4 is 24.1 Å². The molecule has 0 amide bonds. The minimum absolute atomic E-state index is 0.0690. The van der Waals surface area contributed by atoms with Gasteiger partial charge in [0.25, 0.3) is 0 Å². The van der Waals surface area contributed by atoms with Crippen molar-refractivity contribution in [3.8, 4) is 0 Å². The number of unbranched alkanes of at least 4 members (excludes halogenated alkanes) is 6. The van der Waals surface area contributed by atoms with Gasteiger partial charge >= 0.3 is 0 Å². The Morgan fingerprint density at radius 3 is 1.71 bits per heavy atom. The fraction of sp³-hybridized carbons (Fsp3) is 0.561. The highest BCUT2D eigenvalue weighted by Crippen LogP contribution is 2.12. The number of aliphatic imine (C=N–C) groups is 1. The van der Waals surface area contributed by atoms with Gasteiger partial charge in [0.15, 0.2) is 5.78 Å². The van der Waals surface area contributed by atoms with Crippen LogP contribution in [-0.2, 0) is 16.0 Å². The first-order chi connectivity index (χ1) is 21.7. The number of rotatable bonds is 16. The van der Waals surface area contributed by atoms with Crippen molar-refractivity contribution < 1.29 is 14.4 Å². The Bertz CT molecular complexity index is 989. The summed E-state index contributed by atoms with van der Waals surface area (Å²) < 4.78 is 0. The van der Waals surface area contributed by atoms with Gasteiger partial charge in [0.1, 0.15) is 12.6 Å². The Morgan fingerprint density at radius 1 is 0.756 bits per heavy atom. The quantitative estimate of drug-likeness (QED) is 0.0810. The smallest absolute Gasteiger partial charge is 0.156 e. The summed E-state index contributed by atoms with van der Waals surface area (Å²) in [6.45, 7) is 19.0. The lowest BCUT2D eigenvalue weighted by Crippen LogP contribution is -2.01. The Morgan fingerprint density at radius 2 is 1.27 bits per heavy atom. The fourth-order valence-electron chi connectivity index (χ4n) is 3.71. The molecule has 0 heterocycles. The standard InChI is InChI=1S/C20H19NO2.C12H26.C5H12.C2H4O.C2H6/c1-21-20(18-10-7-17(15-22)8-11-18)14-13-19(23)12-9-16-5-3-2-4-6-16;1-4-5-6-7-8-9-10-11-12(2)3;1-4-5(2)3;1-2-3;1-2/h2-8,10-11,13-15H,9,12H2,1H3;12H,4-11H2,1-3H3;5H,4H2,1-3H3;2H,1H3;1-2H3/b14-13-,21-20?;;;;. The highest BCUT2D eigenvalue weighted by atomic mass is 16.1. The number of benzene rings is 2. The maximum absolute atomic E-state index is 12.0. The summed E-state index contributed by atoms with van der Waals surface area (Å²) >= 11 is 0. The molecule has 0 atom stereocenters. The van der Waals surface area contributed by atoms with Crippen molar-refractivity contribution in [2.24, 2.45) is 16.8 Å². The Balaban J connectivity index is -0.000000670. The van der Waals surface area contributed by atoms with Crippen LogP contribution in [0.3, 0.4) is 0 Å². The third kappa shape index (κ3) is 32.1. The zero-order chi connectivity index (χ0) is 34.7. The van der Waals surface area contributed by atoms with Gasteiger partial charge < -0.3 is 4.79 Å². The van der Waals surface area contributed by atoms with Gasteiger partial charge in [-0.3, -0.25) is 14.6 Å². The summed E-state index contributed by atoms with van der Waals surface area (Å²) in [7, 11) is 1.68. The number of aryl methyl sites for hydroxylation is 1. The van der Waals surface area contributed by atoms with Crippen LogP contribution in [0.15, 0.2) is 71.7 Å². The third-order valence-corrected chi connectivity index (χ3v) is 6.71. The van der Waals surface area contributed by atoms with E-state index in [0.717, 1.165) is 47.7 Å². The summed E-state index contributed by atoms with van der Waals surface area (Å²) in [5.74, 6) is 1.86. The second-order valence-corrected chi connectivity index (χ2v) is 11.5. The second-order valence-electron chi connectivity index (χ2n) is 11.5. The molecular weight excluding hydrogens is 554 g/mol. The largest absolute Gasteiger partial charge is 0.304 e. The van der Waals surface area contributed by atoms with E-state index in [1.807, 2.05) is 56.3 Å². The minimum Gasteiger partial charge on any atom is -0.304 e. The first-order valence-electron chi connectivity index (χ1n) is 17.4. The van der Waals surface area contributed by atoms with E-state index < -0.39 is 0 Å². The predicted molar refractivity (Wildman–Crippen MR) is 199 cm³/mol. The normalized spacial score (nSPS) is 10.4. The van der Waals surface area contributed by atoms with Gasteiger partial charge in [0.05, 0.1) is 5.71 Å². The monoisotopic (exact) mass is 622 g/mol. The molecule has 0 spiro atoms. The lowest BCUT2D eigenvalue weighted by atomic mass is 10.0. The lowest BCUT2D eigenvalue weighted by Gasteiger charge is -2.03. The Kier molecular flexibility index (Phi) is 36.3. The zero-order valence-electron chi connectivity index (χ0n) is 30.6. The van der Waals surface area contributed by atoms with Crippen LogP contribution in [-0.4, -0.2) is 31.1 Å². The van der Waals surface area contributed by atoms with Crippen molar-refractivity contribution in [1.29, 1.82) is 0 Å². The number of hydrogen-bond donors (Lipinski definition) is 0. The number of nitrogens with zero attached hydrogens (tertiary/aromatic N) is 1. The van der Waals surface area contributed by atoms with E-state index in [0.29, 0.717) is 12.0 Å². The Labute approximate surface area is 278 Å². The molecule has 2 aromatic rings. The molecule has 4 nitrogen and oxygen atoms in total. The SMILES string of the molecule is CC.CC=O.CCC(C)C.CCCCCCCCCC(C)C.CN=C(/C=C\C(=O)CCc1ccccc1)c1ccc(C=O)cc1. The predicted octanol–water partition coefficient (Wildman–Crippen LogP) is 11.7. The van der Waals surface area contributed by atoms with Crippen molar-refractivity contribution in [1.82, 2.24) is 0 Å². The average Bonchev–Trinajstić information content (AvgIpc) is 3.06. The van der Waals surface area contributed by atoms with Crippen LogP contribution in [0.5, 0.6) is 0 Å². The van der Waals surface area contributed by atoms with Crippen LogP contribution in [0, 0.1) is 11.8 Å². The number of aldehydes is 2. The summed E-state index contributed by atoms with van der Waals surface area (Å²) in [5, 5.41) is 0. The molecule has 0 saturated carbocycles. The molecule has 4 heteroatoms. The maximum Gasteiger partial charge on any atom is 0.156 e. The van der Waals surface area contributed by atoms with Gasteiger partial charge in [-0.25, -0.2) is 0 Å². The van der Waals surface area contributed by atoms with E-state index >= 15 is 0 Å². The van der Waals surface area contributed by atoms with Crippen LogP contribution < -0.4 is 0 Å². The van der Waals surface area contributed by atoms with Crippen molar-refractivity contribution in [3.63, 3.8) is 0 Å². The summed E-state index contributed by atoms with van der Waals surface area (Å²) in [5.41, 5.74) is 3.37. The van der Waals surface area contributed by atoms with E-state index in [9.17, 15) is 9.59 Å². The molecule has 254 valence electrons. The molecule has 2 aromatic carbocycles. The minimum atomic E-state index is 0.0690. The van der Waals surface area contributed by atoms with Crippen molar-refractivity contribution in [2.75, 3.05) is 7.05 Å². The van der Waals surface area contributed by atoms with Crippen LogP contribution in [0.4, 0.5) is 0 Å². The highest BCUT2D eigenvalue weighted by molar-refractivity contribution is 6.11. The van der Waals surface area contributed by atoms with Crippen LogP contribution in [0.1, 0.15) is 148 Å². The number of hydrogen-bond acceptors (Lipinski definition) is 4. The van der Waals surface area contributed by atoms with Crippen molar-refractivity contribution in [3.05, 3.63) is 83.4 Å². The molecule has 0 bridgehead atoms. The summed E-state index contributed by atoms with van der Waals surface area (Å²) in [4.78, 5) is 35.7. The zero-order valence-corrected chi connectivity index (χ0v) is 30.6. The van der Waals surface area contributed by atoms with E-state index in [-0.39, 0.29) is 5.78 Å². The fourth-order valence-corrected chi connectivity index (χ4v) is 3.71. The molecule has 0 aromatic heterocycles. The van der Waals surface area contributed by atoms with Gasteiger partial charge in [0.2, 0.25) is 0 Å². The van der Waals surface area contributed by atoms with Crippen LogP contribution in [0.2, 0.25) is 0 Å². The van der Waals surface area contributed by atoms with E-state index in [1.165, 1.54) is 64.7 Å². The first kappa shape index (κ1) is 46.3. The Hall–Kier alpha value is -3.14. The summed E-state index contributed by atoms with van der Waals surface area (Å²) in [6.07, 6.45) is 18.9. The highest BCUT2D eigenvalue weighted by Gasteiger charge is 2.02. The number of carbonyl (C=O) groups is 3. The average molecular weight is 622 g/mol. The van der Waals surface area contributed by atoms with E-state index in [1.54, 1.807) is 31.3 Å². The van der Waals surface area contributed by atoms with E-state index in [2.05, 4.69) is 46.5 Å². The molecule has 0 saturated heterocycles.